The highest BCUT2D eigenvalue weighted by Gasteiger charge is 2.24. The fourth-order valence-corrected chi connectivity index (χ4v) is 2.59. The summed E-state index contributed by atoms with van der Waals surface area (Å²) in [5.74, 6) is -0.709. The zero-order valence-corrected chi connectivity index (χ0v) is 12.9. The highest BCUT2D eigenvalue weighted by Crippen LogP contribution is 2.25. The minimum Gasteiger partial charge on any atom is -0.461 e. The van der Waals surface area contributed by atoms with Gasteiger partial charge >= 0.3 is 5.97 Å². The van der Waals surface area contributed by atoms with Crippen molar-refractivity contribution in [1.29, 1.82) is 0 Å². The molecule has 1 aromatic heterocycles. The van der Waals surface area contributed by atoms with Gasteiger partial charge < -0.3 is 14.8 Å². The molecule has 0 spiro atoms. The number of pyridine rings is 1. The number of nitrogens with one attached hydrogen (secondary N) is 1. The fraction of sp³-hybridized carbons (Fsp3) is 0.353. The first-order valence-corrected chi connectivity index (χ1v) is 7.68. The molecule has 6 nitrogen and oxygen atoms in total. The quantitative estimate of drug-likeness (QED) is 0.877. The SMILES string of the molecule is CCOC(=O)c1cc(NC(=O)[C@H]2CCCO2)c2ccccc2n1. The molecule has 1 atom stereocenters. The Bertz CT molecular complexity index is 738. The van der Waals surface area contributed by atoms with Crippen LogP contribution in [0.5, 0.6) is 0 Å². The third-order valence-electron chi connectivity index (χ3n) is 3.68. The Balaban J connectivity index is 1.96. The summed E-state index contributed by atoms with van der Waals surface area (Å²) in [4.78, 5) is 28.6. The number of benzene rings is 1. The van der Waals surface area contributed by atoms with Crippen LogP contribution in [0.3, 0.4) is 0 Å². The Morgan fingerprint density at radius 1 is 1.39 bits per heavy atom. The molecule has 23 heavy (non-hydrogen) atoms. The van der Waals surface area contributed by atoms with Gasteiger partial charge in [-0.2, -0.15) is 0 Å². The number of ether oxygens (including phenoxy) is 2. The number of fused-ring (bicyclic) bond motifs is 1. The molecule has 1 aliphatic rings. The molecule has 6 heteroatoms. The highest BCUT2D eigenvalue weighted by atomic mass is 16.5. The monoisotopic (exact) mass is 314 g/mol. The van der Waals surface area contributed by atoms with E-state index in [1.807, 2.05) is 18.2 Å². The van der Waals surface area contributed by atoms with Crippen LogP contribution in [0.25, 0.3) is 10.9 Å². The van der Waals surface area contributed by atoms with E-state index in [2.05, 4.69) is 10.3 Å². The van der Waals surface area contributed by atoms with Gasteiger partial charge in [0.15, 0.2) is 5.69 Å². The number of esters is 1. The average Bonchev–Trinajstić information content (AvgIpc) is 3.09. The van der Waals surface area contributed by atoms with Crippen LogP contribution in [0.2, 0.25) is 0 Å². The maximum Gasteiger partial charge on any atom is 0.357 e. The van der Waals surface area contributed by atoms with Crippen molar-refractivity contribution in [3.8, 4) is 0 Å². The lowest BCUT2D eigenvalue weighted by Gasteiger charge is -2.13. The lowest BCUT2D eigenvalue weighted by molar-refractivity contribution is -0.124. The molecule has 1 amide bonds. The predicted molar refractivity (Wildman–Crippen MR) is 85.3 cm³/mol. The summed E-state index contributed by atoms with van der Waals surface area (Å²) in [6.45, 7) is 2.60. The number of amides is 1. The summed E-state index contributed by atoms with van der Waals surface area (Å²) < 4.78 is 10.4. The van der Waals surface area contributed by atoms with Crippen molar-refractivity contribution in [3.63, 3.8) is 0 Å². The minimum atomic E-state index is -0.508. The van der Waals surface area contributed by atoms with Crippen LogP contribution in [0.1, 0.15) is 30.3 Å². The van der Waals surface area contributed by atoms with Gasteiger partial charge in [-0.3, -0.25) is 4.79 Å². The van der Waals surface area contributed by atoms with Gasteiger partial charge in [0.25, 0.3) is 5.91 Å². The van der Waals surface area contributed by atoms with E-state index in [9.17, 15) is 9.59 Å². The Kier molecular flexibility index (Phi) is 4.52. The maximum atomic E-state index is 12.3. The molecular weight excluding hydrogens is 296 g/mol. The number of hydrogen-bond donors (Lipinski definition) is 1. The lowest BCUT2D eigenvalue weighted by atomic mass is 10.1. The summed E-state index contributed by atoms with van der Waals surface area (Å²) in [5.41, 5.74) is 1.34. The summed E-state index contributed by atoms with van der Waals surface area (Å²) in [5, 5.41) is 3.62. The van der Waals surface area contributed by atoms with Crippen LogP contribution in [0, 0.1) is 0 Å². The molecule has 0 aliphatic carbocycles. The normalized spacial score (nSPS) is 17.2. The van der Waals surface area contributed by atoms with Crippen molar-refractivity contribution in [1.82, 2.24) is 4.98 Å². The smallest absolute Gasteiger partial charge is 0.357 e. The molecule has 2 heterocycles. The third-order valence-corrected chi connectivity index (χ3v) is 3.68. The van der Waals surface area contributed by atoms with Crippen LogP contribution < -0.4 is 5.32 Å². The van der Waals surface area contributed by atoms with Crippen LogP contribution >= 0.6 is 0 Å². The Hall–Kier alpha value is -2.47. The summed E-state index contributed by atoms with van der Waals surface area (Å²) in [7, 11) is 0. The molecule has 0 saturated carbocycles. The molecule has 1 aromatic carbocycles. The first-order chi connectivity index (χ1) is 11.2. The standard InChI is InChI=1S/C17H18N2O4/c1-2-22-17(21)14-10-13(11-6-3-4-7-12(11)18-14)19-16(20)15-8-5-9-23-15/h3-4,6-7,10,15H,2,5,8-9H2,1H3,(H,18,19,20)/t15-/m1/s1. The number of carbonyl (C=O) groups is 2. The largest absolute Gasteiger partial charge is 0.461 e. The van der Waals surface area contributed by atoms with Crippen LogP contribution in [-0.2, 0) is 14.3 Å². The number of anilines is 1. The van der Waals surface area contributed by atoms with Gasteiger partial charge in [-0.15, -0.1) is 0 Å². The van der Waals surface area contributed by atoms with Gasteiger partial charge in [-0.05, 0) is 31.9 Å². The maximum absolute atomic E-state index is 12.3. The summed E-state index contributed by atoms with van der Waals surface area (Å²) >= 11 is 0. The van der Waals surface area contributed by atoms with Gasteiger partial charge in [0, 0.05) is 12.0 Å². The fourth-order valence-electron chi connectivity index (χ4n) is 2.59. The molecular formula is C17H18N2O4. The molecule has 1 saturated heterocycles. The van der Waals surface area contributed by atoms with Gasteiger partial charge in [0.2, 0.25) is 0 Å². The van der Waals surface area contributed by atoms with E-state index in [1.165, 1.54) is 0 Å². The van der Waals surface area contributed by atoms with E-state index in [0.29, 0.717) is 24.2 Å². The number of para-hydroxylation sites is 1. The zero-order chi connectivity index (χ0) is 16.2. The van der Waals surface area contributed by atoms with Gasteiger partial charge in [0.05, 0.1) is 17.8 Å². The topological polar surface area (TPSA) is 77.5 Å². The molecule has 0 unspecified atom stereocenters. The number of aromatic nitrogens is 1. The van der Waals surface area contributed by atoms with Gasteiger partial charge in [-0.1, -0.05) is 18.2 Å². The molecule has 1 N–H and O–H groups in total. The number of nitrogens with zero attached hydrogens (tertiary/aromatic N) is 1. The molecule has 0 bridgehead atoms. The Labute approximate surface area is 133 Å². The molecule has 120 valence electrons. The van der Waals surface area contributed by atoms with Crippen LogP contribution in [-0.4, -0.2) is 36.2 Å². The van der Waals surface area contributed by atoms with E-state index in [0.717, 1.165) is 11.8 Å². The second-order valence-corrected chi connectivity index (χ2v) is 5.28. The second-order valence-electron chi connectivity index (χ2n) is 5.28. The van der Waals surface area contributed by atoms with E-state index < -0.39 is 12.1 Å². The Morgan fingerprint density at radius 3 is 2.96 bits per heavy atom. The van der Waals surface area contributed by atoms with Crippen LogP contribution in [0.15, 0.2) is 30.3 Å². The minimum absolute atomic E-state index is 0.174. The van der Waals surface area contributed by atoms with Crippen molar-refractivity contribution in [3.05, 3.63) is 36.0 Å². The Morgan fingerprint density at radius 2 is 2.22 bits per heavy atom. The molecule has 2 aromatic rings. The van der Waals surface area contributed by atoms with Crippen molar-refractivity contribution in [2.75, 3.05) is 18.5 Å². The lowest BCUT2D eigenvalue weighted by Crippen LogP contribution is -2.27. The van der Waals surface area contributed by atoms with Crippen molar-refractivity contribution >= 4 is 28.5 Å². The first-order valence-electron chi connectivity index (χ1n) is 7.68. The van der Waals surface area contributed by atoms with Crippen molar-refractivity contribution < 1.29 is 19.1 Å². The number of hydrogen-bond acceptors (Lipinski definition) is 5. The first kappa shape index (κ1) is 15.4. The zero-order valence-electron chi connectivity index (χ0n) is 12.9. The van der Waals surface area contributed by atoms with E-state index >= 15 is 0 Å². The van der Waals surface area contributed by atoms with E-state index in [4.69, 9.17) is 9.47 Å². The average molecular weight is 314 g/mol. The second kappa shape index (κ2) is 6.75. The predicted octanol–water partition coefficient (Wildman–Crippen LogP) is 2.53. The molecule has 1 aliphatic heterocycles. The highest BCUT2D eigenvalue weighted by molar-refractivity contribution is 6.04. The van der Waals surface area contributed by atoms with E-state index in [-0.39, 0.29) is 18.2 Å². The number of carbonyl (C=O) groups excluding carboxylic acids is 2. The van der Waals surface area contributed by atoms with Gasteiger partial charge in [-0.25, -0.2) is 9.78 Å². The number of rotatable bonds is 4. The van der Waals surface area contributed by atoms with E-state index in [1.54, 1.807) is 19.1 Å². The van der Waals surface area contributed by atoms with Crippen LogP contribution in [0.4, 0.5) is 5.69 Å². The summed E-state index contributed by atoms with van der Waals surface area (Å²) in [6.07, 6.45) is 1.15. The molecule has 0 radical (unpaired) electrons. The van der Waals surface area contributed by atoms with Crippen molar-refractivity contribution in [2.24, 2.45) is 0 Å². The summed E-state index contributed by atoms with van der Waals surface area (Å²) in [6, 6.07) is 8.88. The molecule has 1 fully saturated rings. The molecule has 3 rings (SSSR count). The van der Waals surface area contributed by atoms with Crippen molar-refractivity contribution in [2.45, 2.75) is 25.9 Å². The third kappa shape index (κ3) is 3.32. The van der Waals surface area contributed by atoms with Gasteiger partial charge in [0.1, 0.15) is 6.10 Å².